The van der Waals surface area contributed by atoms with Gasteiger partial charge in [-0.05, 0) is 36.1 Å². The fraction of sp³-hybridized carbons (Fsp3) is 0.647. The molecular weight excluding hydrogens is 318 g/mol. The maximum Gasteiger partial charge on any atom is 0.123 e. The van der Waals surface area contributed by atoms with E-state index >= 15 is 0 Å². The van der Waals surface area contributed by atoms with Gasteiger partial charge in [0.2, 0.25) is 0 Å². The molecule has 1 aromatic rings. The van der Waals surface area contributed by atoms with E-state index in [1.165, 1.54) is 0 Å². The number of nitrogens with zero attached hydrogens (tertiary/aromatic N) is 1. The number of rotatable bonds is 10. The Kier molecular flexibility index (Phi) is 8.87. The van der Waals surface area contributed by atoms with Crippen molar-refractivity contribution in [1.82, 2.24) is 4.90 Å². The Balaban J connectivity index is 2.68. The van der Waals surface area contributed by atoms with Gasteiger partial charge in [-0.25, -0.2) is 0 Å². The van der Waals surface area contributed by atoms with Crippen LogP contribution < -0.4 is 4.74 Å². The molecule has 0 saturated heterocycles. The van der Waals surface area contributed by atoms with Crippen molar-refractivity contribution in [1.29, 1.82) is 0 Å². The second kappa shape index (κ2) is 10.1. The Morgan fingerprint density at radius 3 is 2.30 bits per heavy atom. The van der Waals surface area contributed by atoms with Crippen molar-refractivity contribution in [3.05, 3.63) is 28.3 Å². The molecule has 0 fully saturated rings. The average Bonchev–Trinajstić information content (AvgIpc) is 2.48. The van der Waals surface area contributed by atoms with Gasteiger partial charge in [0.05, 0.1) is 13.2 Å². The standard InChI is InChI=1S/C17H28ClNO4/c1-12(2)15-9-16(18)13(3)8-17(15)23-11-14(22)10-19(4-6-20)5-7-21/h8-9,12,14,20-22H,4-7,10-11H2,1-3H3/t14-/m0/s1. The summed E-state index contributed by atoms with van der Waals surface area (Å²) in [5.41, 5.74) is 1.94. The lowest BCUT2D eigenvalue weighted by Gasteiger charge is -2.24. The van der Waals surface area contributed by atoms with Crippen molar-refractivity contribution in [2.75, 3.05) is 39.5 Å². The number of aliphatic hydroxyl groups is 3. The van der Waals surface area contributed by atoms with Crippen LogP contribution in [0.3, 0.4) is 0 Å². The second-order valence-corrected chi connectivity index (χ2v) is 6.41. The van der Waals surface area contributed by atoms with Crippen molar-refractivity contribution in [2.24, 2.45) is 0 Å². The van der Waals surface area contributed by atoms with Crippen LogP contribution >= 0.6 is 11.6 Å². The quantitative estimate of drug-likeness (QED) is 0.603. The number of aryl methyl sites for hydroxylation is 1. The molecule has 23 heavy (non-hydrogen) atoms. The van der Waals surface area contributed by atoms with Crippen molar-refractivity contribution in [3.63, 3.8) is 0 Å². The van der Waals surface area contributed by atoms with E-state index in [9.17, 15) is 5.11 Å². The molecule has 0 aliphatic rings. The smallest absolute Gasteiger partial charge is 0.123 e. The highest BCUT2D eigenvalue weighted by atomic mass is 35.5. The lowest BCUT2D eigenvalue weighted by molar-refractivity contribution is 0.0549. The van der Waals surface area contributed by atoms with Gasteiger partial charge in [0.25, 0.3) is 0 Å². The highest BCUT2D eigenvalue weighted by molar-refractivity contribution is 6.31. The van der Waals surface area contributed by atoms with Crippen LogP contribution in [0.15, 0.2) is 12.1 Å². The van der Waals surface area contributed by atoms with Crippen LogP contribution in [0.25, 0.3) is 0 Å². The van der Waals surface area contributed by atoms with E-state index in [4.69, 9.17) is 26.6 Å². The number of aliphatic hydroxyl groups excluding tert-OH is 3. The molecule has 5 nitrogen and oxygen atoms in total. The van der Waals surface area contributed by atoms with Gasteiger partial charge in [-0.15, -0.1) is 0 Å². The Hall–Kier alpha value is -0.850. The van der Waals surface area contributed by atoms with Crippen LogP contribution in [0.1, 0.15) is 30.9 Å². The van der Waals surface area contributed by atoms with Crippen LogP contribution in [-0.4, -0.2) is 65.8 Å². The molecule has 0 unspecified atom stereocenters. The molecule has 0 aromatic heterocycles. The molecule has 0 aliphatic carbocycles. The Morgan fingerprint density at radius 2 is 1.78 bits per heavy atom. The van der Waals surface area contributed by atoms with E-state index in [0.29, 0.717) is 24.7 Å². The third kappa shape index (κ3) is 6.65. The van der Waals surface area contributed by atoms with Crippen molar-refractivity contribution in [2.45, 2.75) is 32.8 Å². The zero-order chi connectivity index (χ0) is 17.4. The molecule has 3 N–H and O–H groups in total. The number of halogens is 1. The van der Waals surface area contributed by atoms with Crippen molar-refractivity contribution >= 4 is 11.6 Å². The Morgan fingerprint density at radius 1 is 1.17 bits per heavy atom. The van der Waals surface area contributed by atoms with E-state index in [1.807, 2.05) is 19.1 Å². The first-order chi connectivity index (χ1) is 10.9. The third-order valence-corrected chi connectivity index (χ3v) is 4.05. The monoisotopic (exact) mass is 345 g/mol. The van der Waals surface area contributed by atoms with Crippen molar-refractivity contribution < 1.29 is 20.1 Å². The lowest BCUT2D eigenvalue weighted by atomic mass is 10.0. The average molecular weight is 346 g/mol. The SMILES string of the molecule is Cc1cc(OC[C@@H](O)CN(CCO)CCO)c(C(C)C)cc1Cl. The van der Waals surface area contributed by atoms with Gasteiger partial charge in [0, 0.05) is 24.7 Å². The highest BCUT2D eigenvalue weighted by Gasteiger charge is 2.15. The summed E-state index contributed by atoms with van der Waals surface area (Å²) in [6, 6.07) is 3.80. The fourth-order valence-electron chi connectivity index (χ4n) is 2.36. The minimum Gasteiger partial charge on any atom is -0.491 e. The first-order valence-corrected chi connectivity index (χ1v) is 8.31. The van der Waals surface area contributed by atoms with Gasteiger partial charge < -0.3 is 20.1 Å². The van der Waals surface area contributed by atoms with Gasteiger partial charge in [0.1, 0.15) is 18.5 Å². The summed E-state index contributed by atoms with van der Waals surface area (Å²) in [6.07, 6.45) is -0.705. The van der Waals surface area contributed by atoms with E-state index in [1.54, 1.807) is 4.90 Å². The van der Waals surface area contributed by atoms with E-state index < -0.39 is 6.10 Å². The normalized spacial score (nSPS) is 12.9. The van der Waals surface area contributed by atoms with Gasteiger partial charge in [-0.2, -0.15) is 0 Å². The van der Waals surface area contributed by atoms with E-state index in [0.717, 1.165) is 16.9 Å². The molecule has 1 aromatic carbocycles. The highest BCUT2D eigenvalue weighted by Crippen LogP contribution is 2.32. The molecule has 1 atom stereocenters. The summed E-state index contributed by atoms with van der Waals surface area (Å²) in [5, 5.41) is 28.8. The van der Waals surface area contributed by atoms with Gasteiger partial charge in [0.15, 0.2) is 0 Å². The van der Waals surface area contributed by atoms with Crippen LogP contribution in [0.2, 0.25) is 5.02 Å². The van der Waals surface area contributed by atoms with Crippen LogP contribution in [0.4, 0.5) is 0 Å². The van der Waals surface area contributed by atoms with E-state index in [-0.39, 0.29) is 25.7 Å². The zero-order valence-corrected chi connectivity index (χ0v) is 14.9. The molecule has 0 amide bonds. The summed E-state index contributed by atoms with van der Waals surface area (Å²) in [7, 11) is 0. The third-order valence-electron chi connectivity index (χ3n) is 3.65. The first kappa shape index (κ1) is 20.2. The molecule has 0 saturated carbocycles. The van der Waals surface area contributed by atoms with Crippen LogP contribution in [0.5, 0.6) is 5.75 Å². The Labute approximate surface area is 143 Å². The Bertz CT molecular complexity index is 476. The summed E-state index contributed by atoms with van der Waals surface area (Å²) in [6.45, 7) is 7.33. The second-order valence-electron chi connectivity index (χ2n) is 6.01. The van der Waals surface area contributed by atoms with Crippen LogP contribution in [0, 0.1) is 6.92 Å². The largest absolute Gasteiger partial charge is 0.491 e. The maximum atomic E-state index is 10.1. The molecule has 6 heteroatoms. The lowest BCUT2D eigenvalue weighted by Crippen LogP contribution is -2.38. The summed E-state index contributed by atoms with van der Waals surface area (Å²) < 4.78 is 5.79. The maximum absolute atomic E-state index is 10.1. The first-order valence-electron chi connectivity index (χ1n) is 7.94. The zero-order valence-electron chi connectivity index (χ0n) is 14.1. The molecule has 132 valence electrons. The van der Waals surface area contributed by atoms with Crippen molar-refractivity contribution in [3.8, 4) is 5.75 Å². The minimum atomic E-state index is -0.705. The molecule has 0 heterocycles. The number of hydrogen-bond acceptors (Lipinski definition) is 5. The van der Waals surface area contributed by atoms with Gasteiger partial charge in [-0.3, -0.25) is 4.90 Å². The topological polar surface area (TPSA) is 73.2 Å². The molecule has 0 radical (unpaired) electrons. The number of hydrogen-bond donors (Lipinski definition) is 3. The van der Waals surface area contributed by atoms with Gasteiger partial charge >= 0.3 is 0 Å². The van der Waals surface area contributed by atoms with Gasteiger partial charge in [-0.1, -0.05) is 25.4 Å². The number of benzene rings is 1. The van der Waals surface area contributed by atoms with Crippen LogP contribution in [-0.2, 0) is 0 Å². The molecule has 0 spiro atoms. The predicted molar refractivity (Wildman–Crippen MR) is 92.4 cm³/mol. The van der Waals surface area contributed by atoms with E-state index in [2.05, 4.69) is 13.8 Å². The summed E-state index contributed by atoms with van der Waals surface area (Å²) in [5.74, 6) is 0.998. The fourth-order valence-corrected chi connectivity index (χ4v) is 2.53. The number of ether oxygens (including phenoxy) is 1. The summed E-state index contributed by atoms with van der Waals surface area (Å²) in [4.78, 5) is 1.80. The molecule has 0 aliphatic heterocycles. The minimum absolute atomic E-state index is 0.0124. The molecule has 0 bridgehead atoms. The molecule has 1 rings (SSSR count). The summed E-state index contributed by atoms with van der Waals surface area (Å²) >= 11 is 6.17. The predicted octanol–water partition coefficient (Wildman–Crippen LogP) is 1.80. The molecular formula is C17H28ClNO4.